The summed E-state index contributed by atoms with van der Waals surface area (Å²) >= 11 is 0. The Hall–Kier alpha value is -1.63. The molecule has 0 aliphatic heterocycles. The second-order valence-corrected chi connectivity index (χ2v) is 3.07. The first-order valence-corrected chi connectivity index (χ1v) is 4.66. The van der Waals surface area contributed by atoms with Gasteiger partial charge in [0.05, 0.1) is 5.70 Å². The number of hydrogen-bond donors (Lipinski definition) is 0. The van der Waals surface area contributed by atoms with E-state index in [4.69, 9.17) is 0 Å². The van der Waals surface area contributed by atoms with Crippen molar-refractivity contribution in [1.29, 1.82) is 0 Å². The van der Waals surface area contributed by atoms with Crippen LogP contribution in [0.25, 0.3) is 5.70 Å². The molecular weight excluding hydrogens is 170 g/mol. The highest BCUT2D eigenvalue weighted by molar-refractivity contribution is 5.96. The lowest BCUT2D eigenvalue weighted by Gasteiger charge is -1.99. The monoisotopic (exact) mass is 185 g/mol. The van der Waals surface area contributed by atoms with Crippen LogP contribution in [0.4, 0.5) is 0 Å². The third kappa shape index (κ3) is 3.02. The summed E-state index contributed by atoms with van der Waals surface area (Å²) in [6.07, 6.45) is 3.94. The molecule has 0 spiro atoms. The topological polar surface area (TPSA) is 12.4 Å². The van der Waals surface area contributed by atoms with Gasteiger partial charge in [-0.25, -0.2) is 0 Å². The van der Waals surface area contributed by atoms with Crippen LogP contribution >= 0.6 is 0 Å². The van der Waals surface area contributed by atoms with Gasteiger partial charge >= 0.3 is 0 Å². The molecule has 0 aliphatic carbocycles. The second-order valence-electron chi connectivity index (χ2n) is 3.07. The smallest absolute Gasteiger partial charge is 0.0633 e. The lowest BCUT2D eigenvalue weighted by atomic mass is 10.2. The summed E-state index contributed by atoms with van der Waals surface area (Å²) in [6, 6.07) is 9.98. The largest absolute Gasteiger partial charge is 0.254 e. The Balaban J connectivity index is 2.83. The Bertz CT molecular complexity index is 358. The van der Waals surface area contributed by atoms with Gasteiger partial charge in [0.1, 0.15) is 0 Å². The van der Waals surface area contributed by atoms with Crippen molar-refractivity contribution in [2.45, 2.75) is 13.8 Å². The molecule has 1 heteroatoms. The summed E-state index contributed by atoms with van der Waals surface area (Å²) in [5.74, 6) is 0. The number of allylic oxidation sites excluding steroid dienone is 2. The molecule has 0 aromatic heterocycles. The Labute approximate surface area is 85.5 Å². The van der Waals surface area contributed by atoms with Gasteiger partial charge in [0.25, 0.3) is 0 Å². The van der Waals surface area contributed by atoms with Crippen LogP contribution < -0.4 is 0 Å². The fourth-order valence-corrected chi connectivity index (χ4v) is 1.19. The van der Waals surface area contributed by atoms with E-state index in [0.29, 0.717) is 0 Å². The van der Waals surface area contributed by atoms with Crippen LogP contribution in [0.5, 0.6) is 0 Å². The Morgan fingerprint density at radius 3 is 2.50 bits per heavy atom. The van der Waals surface area contributed by atoms with E-state index in [1.54, 1.807) is 0 Å². The van der Waals surface area contributed by atoms with Crippen molar-refractivity contribution in [1.82, 2.24) is 0 Å². The van der Waals surface area contributed by atoms with Gasteiger partial charge in [0.15, 0.2) is 0 Å². The van der Waals surface area contributed by atoms with E-state index in [1.807, 2.05) is 56.3 Å². The number of hydrogen-bond acceptors (Lipinski definition) is 1. The number of aliphatic imine (C=N–C) groups is 1. The maximum atomic E-state index is 4.37. The van der Waals surface area contributed by atoms with Gasteiger partial charge < -0.3 is 0 Å². The normalized spacial score (nSPS) is 12.0. The first-order valence-electron chi connectivity index (χ1n) is 4.66. The number of nitrogens with zero attached hydrogens (tertiary/aromatic N) is 1. The molecule has 1 rings (SSSR count). The van der Waals surface area contributed by atoms with Gasteiger partial charge in [-0.2, -0.15) is 0 Å². The van der Waals surface area contributed by atoms with Gasteiger partial charge in [-0.15, -0.1) is 0 Å². The molecule has 0 fully saturated rings. The first-order chi connectivity index (χ1) is 6.74. The molecule has 1 aromatic rings. The Morgan fingerprint density at radius 1 is 1.29 bits per heavy atom. The third-order valence-corrected chi connectivity index (χ3v) is 1.83. The molecule has 1 nitrogen and oxygen atoms in total. The summed E-state index contributed by atoms with van der Waals surface area (Å²) in [7, 11) is 0. The molecule has 72 valence electrons. The summed E-state index contributed by atoms with van der Waals surface area (Å²) < 4.78 is 0. The van der Waals surface area contributed by atoms with Crippen LogP contribution in [0.3, 0.4) is 0 Å². The van der Waals surface area contributed by atoms with Crippen molar-refractivity contribution in [2.75, 3.05) is 0 Å². The molecule has 0 unspecified atom stereocenters. The summed E-state index contributed by atoms with van der Waals surface area (Å²) in [4.78, 5) is 4.37. The fourth-order valence-electron chi connectivity index (χ4n) is 1.19. The summed E-state index contributed by atoms with van der Waals surface area (Å²) in [5, 5.41) is 0. The highest BCUT2D eigenvalue weighted by Crippen LogP contribution is 2.12. The minimum absolute atomic E-state index is 0.807. The molecule has 0 saturated heterocycles. The molecule has 1 aromatic carbocycles. The predicted octanol–water partition coefficient (Wildman–Crippen LogP) is 3.69. The quantitative estimate of drug-likeness (QED) is 0.637. The molecule has 0 aliphatic rings. The summed E-state index contributed by atoms with van der Waals surface area (Å²) in [5.41, 5.74) is 2.85. The van der Waals surface area contributed by atoms with E-state index in [9.17, 15) is 0 Å². The zero-order valence-corrected chi connectivity index (χ0v) is 8.70. The van der Waals surface area contributed by atoms with E-state index in [2.05, 4.69) is 11.6 Å². The molecule has 0 saturated carbocycles. The molecule has 14 heavy (non-hydrogen) atoms. The molecule has 0 heterocycles. The van der Waals surface area contributed by atoms with Crippen LogP contribution in [0.15, 0.2) is 54.1 Å². The van der Waals surface area contributed by atoms with Crippen molar-refractivity contribution < 1.29 is 0 Å². The highest BCUT2D eigenvalue weighted by atomic mass is 14.7. The van der Waals surface area contributed by atoms with Gasteiger partial charge in [0, 0.05) is 5.71 Å². The molecule has 0 amide bonds. The fraction of sp³-hybridized carbons (Fsp3) is 0.154. The van der Waals surface area contributed by atoms with Crippen LogP contribution in [0, 0.1) is 0 Å². The van der Waals surface area contributed by atoms with Gasteiger partial charge in [-0.05, 0) is 25.5 Å². The predicted molar refractivity (Wildman–Crippen MR) is 63.4 cm³/mol. The lowest BCUT2D eigenvalue weighted by molar-refractivity contribution is 1.50. The zero-order valence-electron chi connectivity index (χ0n) is 8.70. The van der Waals surface area contributed by atoms with Gasteiger partial charge in [0.2, 0.25) is 0 Å². The standard InChI is InChI=1S/C13H15N/c1-4-8-11(2)14-12(3)13-9-6-5-7-10-13/h4-10H,3H2,1-2H3/b8-4-,14-11?. The van der Waals surface area contributed by atoms with E-state index >= 15 is 0 Å². The average molecular weight is 185 g/mol. The zero-order chi connectivity index (χ0) is 10.4. The Kier molecular flexibility index (Phi) is 3.86. The minimum atomic E-state index is 0.807. The van der Waals surface area contributed by atoms with Gasteiger partial charge in [-0.3, -0.25) is 4.99 Å². The summed E-state index contributed by atoms with van der Waals surface area (Å²) in [6.45, 7) is 7.87. The third-order valence-electron chi connectivity index (χ3n) is 1.83. The highest BCUT2D eigenvalue weighted by Gasteiger charge is 1.94. The van der Waals surface area contributed by atoms with Crippen LogP contribution in [0.2, 0.25) is 0 Å². The van der Waals surface area contributed by atoms with Crippen LogP contribution in [-0.4, -0.2) is 5.71 Å². The van der Waals surface area contributed by atoms with Crippen molar-refractivity contribution in [3.8, 4) is 0 Å². The minimum Gasteiger partial charge on any atom is -0.254 e. The van der Waals surface area contributed by atoms with Crippen LogP contribution in [0.1, 0.15) is 19.4 Å². The molecule has 0 N–H and O–H groups in total. The number of benzene rings is 1. The molecule has 0 bridgehead atoms. The van der Waals surface area contributed by atoms with Crippen LogP contribution in [-0.2, 0) is 0 Å². The van der Waals surface area contributed by atoms with Crippen molar-refractivity contribution in [3.05, 3.63) is 54.6 Å². The Morgan fingerprint density at radius 2 is 1.93 bits per heavy atom. The van der Waals surface area contributed by atoms with E-state index in [0.717, 1.165) is 17.0 Å². The van der Waals surface area contributed by atoms with Crippen molar-refractivity contribution >= 4 is 11.4 Å². The molecule has 0 atom stereocenters. The maximum Gasteiger partial charge on any atom is 0.0633 e. The average Bonchev–Trinajstić information content (AvgIpc) is 2.19. The maximum absolute atomic E-state index is 4.37. The van der Waals surface area contributed by atoms with E-state index in [-0.39, 0.29) is 0 Å². The number of rotatable bonds is 3. The molecular formula is C13H15N. The van der Waals surface area contributed by atoms with Crippen molar-refractivity contribution in [3.63, 3.8) is 0 Å². The van der Waals surface area contributed by atoms with E-state index in [1.165, 1.54) is 0 Å². The van der Waals surface area contributed by atoms with E-state index < -0.39 is 0 Å². The van der Waals surface area contributed by atoms with Crippen molar-refractivity contribution in [2.24, 2.45) is 4.99 Å². The first kappa shape index (κ1) is 10.5. The lowest BCUT2D eigenvalue weighted by Crippen LogP contribution is -1.86. The molecule has 0 radical (unpaired) electrons. The van der Waals surface area contributed by atoms with Gasteiger partial charge in [-0.1, -0.05) is 43.0 Å². The SMILES string of the molecule is C=C(N=C(C)/C=C\C)c1ccccc1. The second kappa shape index (κ2) is 5.18.